The van der Waals surface area contributed by atoms with Gasteiger partial charge in [-0.2, -0.15) is 0 Å². The Kier molecular flexibility index (Phi) is 7.59. The average Bonchev–Trinajstić information content (AvgIpc) is 3.44. The van der Waals surface area contributed by atoms with Crippen LogP contribution in [0, 0.1) is 0 Å². The lowest BCUT2D eigenvalue weighted by Crippen LogP contribution is -2.34. The zero-order valence-electron chi connectivity index (χ0n) is 20.1. The van der Waals surface area contributed by atoms with E-state index in [1.54, 1.807) is 6.33 Å². The fraction of sp³-hybridized carbons (Fsp3) is 0.500. The monoisotopic (exact) mass is 466 g/mol. The van der Waals surface area contributed by atoms with Gasteiger partial charge in [0.2, 0.25) is 0 Å². The third kappa shape index (κ3) is 5.81. The highest BCUT2D eigenvalue weighted by molar-refractivity contribution is 5.89. The number of hydrogen-bond donors (Lipinski definition) is 3. The first kappa shape index (κ1) is 23.9. The highest BCUT2D eigenvalue weighted by atomic mass is 16.5. The predicted molar refractivity (Wildman–Crippen MR) is 133 cm³/mol. The van der Waals surface area contributed by atoms with E-state index in [0.717, 1.165) is 38.0 Å². The number of nitrogens with zero attached hydrogens (tertiary/aromatic N) is 5. The Morgan fingerprint density at radius 3 is 2.79 bits per heavy atom. The Morgan fingerprint density at radius 1 is 1.24 bits per heavy atom. The molecule has 1 aliphatic rings. The predicted octanol–water partition coefficient (Wildman–Crippen LogP) is 3.35. The number of amides is 2. The molecule has 2 amide bonds. The lowest BCUT2D eigenvalue weighted by Gasteiger charge is -2.21. The third-order valence-corrected chi connectivity index (χ3v) is 6.14. The van der Waals surface area contributed by atoms with E-state index < -0.39 is 0 Å². The molecule has 1 fully saturated rings. The number of carbonyl (C=O) groups excluding carboxylic acids is 1. The fourth-order valence-corrected chi connectivity index (χ4v) is 4.22. The third-order valence-electron chi connectivity index (χ3n) is 6.14. The summed E-state index contributed by atoms with van der Waals surface area (Å²) in [6.45, 7) is 6.60. The van der Waals surface area contributed by atoms with Crippen molar-refractivity contribution in [3.63, 3.8) is 0 Å². The number of imidazole rings is 1. The first-order valence-corrected chi connectivity index (χ1v) is 11.8. The molecule has 3 aromatic rings. The second-order valence-electron chi connectivity index (χ2n) is 9.15. The summed E-state index contributed by atoms with van der Waals surface area (Å²) in [6, 6.07) is 7.78. The number of nitrogen functional groups attached to an aromatic ring is 1. The zero-order chi connectivity index (χ0) is 24.1. The number of aromatic nitrogens is 4. The normalized spacial score (nSPS) is 18.1. The van der Waals surface area contributed by atoms with Crippen LogP contribution >= 0.6 is 0 Å². The number of likely N-dealkylation sites (N-methyl/N-ethyl adjacent to an activating group) is 1. The topological polar surface area (TPSA) is 123 Å². The quantitative estimate of drug-likeness (QED) is 0.413. The van der Waals surface area contributed by atoms with Crippen molar-refractivity contribution in [3.05, 3.63) is 42.5 Å². The number of rotatable bonds is 9. The van der Waals surface area contributed by atoms with E-state index in [2.05, 4.69) is 51.4 Å². The molecule has 1 saturated heterocycles. The highest BCUT2D eigenvalue weighted by Crippen LogP contribution is 2.31. The number of anilines is 2. The molecule has 1 aromatic carbocycles. The van der Waals surface area contributed by atoms with Crippen LogP contribution in [0.2, 0.25) is 0 Å². The van der Waals surface area contributed by atoms with Crippen LogP contribution in [0.1, 0.15) is 50.8 Å². The highest BCUT2D eigenvalue weighted by Gasteiger charge is 2.28. The van der Waals surface area contributed by atoms with Gasteiger partial charge in [-0.1, -0.05) is 26.0 Å². The van der Waals surface area contributed by atoms with E-state index in [0.29, 0.717) is 29.4 Å². The maximum atomic E-state index is 12.1. The van der Waals surface area contributed by atoms with Crippen molar-refractivity contribution in [3.8, 4) is 0 Å². The molecule has 4 rings (SSSR count). The van der Waals surface area contributed by atoms with Gasteiger partial charge in [-0.05, 0) is 56.5 Å². The number of urea groups is 1. The number of ether oxygens (including phenoxy) is 1. The second kappa shape index (κ2) is 10.8. The minimum Gasteiger partial charge on any atom is -0.382 e. The van der Waals surface area contributed by atoms with Crippen LogP contribution in [0.5, 0.6) is 0 Å². The Balaban J connectivity index is 1.15. The molecule has 0 saturated carbocycles. The van der Waals surface area contributed by atoms with E-state index in [4.69, 9.17) is 10.5 Å². The summed E-state index contributed by atoms with van der Waals surface area (Å²) in [4.78, 5) is 27.0. The smallest absolute Gasteiger partial charge is 0.319 e. The van der Waals surface area contributed by atoms with Gasteiger partial charge in [-0.3, -0.25) is 4.57 Å². The summed E-state index contributed by atoms with van der Waals surface area (Å²) >= 11 is 0. The van der Waals surface area contributed by atoms with Gasteiger partial charge >= 0.3 is 6.03 Å². The lowest BCUT2D eigenvalue weighted by atomic mass is 10.0. The van der Waals surface area contributed by atoms with E-state index in [1.807, 2.05) is 28.8 Å². The van der Waals surface area contributed by atoms with Crippen LogP contribution in [0.4, 0.5) is 16.3 Å². The molecule has 34 heavy (non-hydrogen) atoms. The summed E-state index contributed by atoms with van der Waals surface area (Å²) < 4.78 is 8.20. The summed E-state index contributed by atoms with van der Waals surface area (Å²) in [5.41, 5.74) is 9.25. The molecule has 2 atom stereocenters. The van der Waals surface area contributed by atoms with Gasteiger partial charge in [0, 0.05) is 18.8 Å². The fourth-order valence-electron chi connectivity index (χ4n) is 4.22. The molecule has 3 heterocycles. The van der Waals surface area contributed by atoms with Crippen molar-refractivity contribution in [2.24, 2.45) is 0 Å². The van der Waals surface area contributed by atoms with Crippen LogP contribution in [0.25, 0.3) is 11.2 Å². The molecule has 4 N–H and O–H groups in total. The second-order valence-corrected chi connectivity index (χ2v) is 9.15. The van der Waals surface area contributed by atoms with E-state index >= 15 is 0 Å². The van der Waals surface area contributed by atoms with E-state index in [9.17, 15) is 4.79 Å². The Bertz CT molecular complexity index is 1100. The SMILES string of the molecule is CC(C)c1ccc(NC(=O)NCCCN(C)CC2CCC(n3cnc4c(N)ncnc43)O2)cc1. The van der Waals surface area contributed by atoms with E-state index in [-0.39, 0.29) is 18.4 Å². The number of benzene rings is 1. The van der Waals surface area contributed by atoms with Gasteiger partial charge in [0.1, 0.15) is 18.1 Å². The molecule has 182 valence electrons. The molecular formula is C24H34N8O2. The number of carbonyl (C=O) groups is 1. The van der Waals surface area contributed by atoms with Gasteiger partial charge in [0.25, 0.3) is 0 Å². The van der Waals surface area contributed by atoms with Crippen molar-refractivity contribution in [2.45, 2.75) is 51.4 Å². The van der Waals surface area contributed by atoms with Crippen LogP contribution in [0.15, 0.2) is 36.9 Å². The molecule has 0 bridgehead atoms. The average molecular weight is 467 g/mol. The molecule has 1 aliphatic heterocycles. The van der Waals surface area contributed by atoms with Gasteiger partial charge < -0.3 is 26.0 Å². The largest absolute Gasteiger partial charge is 0.382 e. The van der Waals surface area contributed by atoms with Gasteiger partial charge in [-0.15, -0.1) is 0 Å². The summed E-state index contributed by atoms with van der Waals surface area (Å²) in [5, 5.41) is 5.81. The van der Waals surface area contributed by atoms with Crippen LogP contribution in [0.3, 0.4) is 0 Å². The van der Waals surface area contributed by atoms with Crippen molar-refractivity contribution in [1.29, 1.82) is 0 Å². The standard InChI is InChI=1S/C24H34N8O2/c1-16(2)17-5-7-18(8-6-17)30-24(33)26-11-4-12-31(3)13-19-9-10-20(34-19)32-15-29-21-22(25)27-14-28-23(21)32/h5-8,14-16,19-20H,4,9-13H2,1-3H3,(H2,25,27,28)(H2,26,30,33). The zero-order valence-corrected chi connectivity index (χ0v) is 20.1. The van der Waals surface area contributed by atoms with Crippen LogP contribution in [-0.4, -0.2) is 63.2 Å². The Labute approximate surface area is 199 Å². The number of nitrogens with two attached hydrogens (primary N) is 1. The maximum Gasteiger partial charge on any atom is 0.319 e. The molecule has 0 spiro atoms. The molecule has 10 nitrogen and oxygen atoms in total. The first-order valence-electron chi connectivity index (χ1n) is 11.8. The van der Waals surface area contributed by atoms with E-state index in [1.165, 1.54) is 11.9 Å². The van der Waals surface area contributed by atoms with Crippen molar-refractivity contribution in [2.75, 3.05) is 37.7 Å². The minimum atomic E-state index is -0.182. The lowest BCUT2D eigenvalue weighted by molar-refractivity contribution is -0.00849. The van der Waals surface area contributed by atoms with Crippen molar-refractivity contribution < 1.29 is 9.53 Å². The Morgan fingerprint density at radius 2 is 2.03 bits per heavy atom. The van der Waals surface area contributed by atoms with Crippen molar-refractivity contribution >= 4 is 28.7 Å². The molecule has 0 radical (unpaired) electrons. The molecule has 0 aliphatic carbocycles. The number of hydrogen-bond acceptors (Lipinski definition) is 7. The van der Waals surface area contributed by atoms with Gasteiger partial charge in [0.15, 0.2) is 11.5 Å². The minimum absolute atomic E-state index is 0.0994. The first-order chi connectivity index (χ1) is 16.4. The molecule has 10 heteroatoms. The molecular weight excluding hydrogens is 432 g/mol. The van der Waals surface area contributed by atoms with Gasteiger partial charge in [-0.25, -0.2) is 19.7 Å². The number of fused-ring (bicyclic) bond motifs is 1. The van der Waals surface area contributed by atoms with Crippen LogP contribution in [-0.2, 0) is 4.74 Å². The van der Waals surface area contributed by atoms with Crippen LogP contribution < -0.4 is 16.4 Å². The summed E-state index contributed by atoms with van der Waals surface area (Å²) in [5.74, 6) is 0.851. The number of nitrogens with one attached hydrogen (secondary N) is 2. The van der Waals surface area contributed by atoms with Crippen molar-refractivity contribution in [1.82, 2.24) is 29.7 Å². The van der Waals surface area contributed by atoms with Gasteiger partial charge in [0.05, 0.1) is 12.4 Å². The molecule has 2 unspecified atom stereocenters. The molecule has 2 aromatic heterocycles. The summed E-state index contributed by atoms with van der Waals surface area (Å²) in [7, 11) is 2.08. The Hall–Kier alpha value is -3.24. The maximum absolute atomic E-state index is 12.1. The summed E-state index contributed by atoms with van der Waals surface area (Å²) in [6.07, 6.45) is 5.93.